The van der Waals surface area contributed by atoms with Crippen molar-refractivity contribution in [3.8, 4) is 11.5 Å². The molecule has 0 atom stereocenters. The Labute approximate surface area is 173 Å². The summed E-state index contributed by atoms with van der Waals surface area (Å²) >= 11 is 6.12. The van der Waals surface area contributed by atoms with Crippen LogP contribution in [0.3, 0.4) is 0 Å². The molecular weight excluding hydrogens is 392 g/mol. The highest BCUT2D eigenvalue weighted by atomic mass is 35.5. The molecule has 0 aromatic heterocycles. The van der Waals surface area contributed by atoms with Crippen molar-refractivity contribution in [2.45, 2.75) is 6.61 Å². The lowest BCUT2D eigenvalue weighted by atomic mass is 10.1. The van der Waals surface area contributed by atoms with E-state index in [4.69, 9.17) is 26.8 Å². The molecule has 0 saturated heterocycles. The summed E-state index contributed by atoms with van der Waals surface area (Å²) in [5.41, 5.74) is 7.27. The van der Waals surface area contributed by atoms with Crippen molar-refractivity contribution in [1.82, 2.24) is 0 Å². The predicted molar refractivity (Wildman–Crippen MR) is 112 cm³/mol. The van der Waals surface area contributed by atoms with Crippen LogP contribution in [0.1, 0.15) is 26.3 Å². The van der Waals surface area contributed by atoms with Gasteiger partial charge in [-0.2, -0.15) is 0 Å². The van der Waals surface area contributed by atoms with Gasteiger partial charge in [-0.3, -0.25) is 9.59 Å². The molecule has 0 fully saturated rings. The zero-order valence-electron chi connectivity index (χ0n) is 15.6. The van der Waals surface area contributed by atoms with Gasteiger partial charge in [0.05, 0.1) is 12.1 Å². The topological polar surface area (TPSA) is 90.6 Å². The molecule has 0 aliphatic carbocycles. The first kappa shape index (κ1) is 20.2. The molecule has 0 heterocycles. The maximum Gasteiger partial charge on any atom is 0.255 e. The number of methoxy groups -OCH3 is 1. The van der Waals surface area contributed by atoms with Crippen LogP contribution < -0.4 is 20.5 Å². The number of ether oxygens (including phenoxy) is 2. The third-order valence-electron chi connectivity index (χ3n) is 4.19. The summed E-state index contributed by atoms with van der Waals surface area (Å²) in [6, 6.07) is 18.5. The first-order valence-electron chi connectivity index (χ1n) is 8.73. The predicted octanol–water partition coefficient (Wildman–Crippen LogP) is 4.28. The van der Waals surface area contributed by atoms with E-state index in [1.165, 1.54) is 0 Å². The van der Waals surface area contributed by atoms with Gasteiger partial charge in [0.15, 0.2) is 0 Å². The maximum atomic E-state index is 12.6. The standard InChI is InChI=1S/C22H19ClN2O4/c1-28-19-11-8-15(12-16(19)13-29-20-5-3-2-4-18(20)23)22(27)25-17-9-6-14(7-10-17)21(24)26/h2-12H,13H2,1H3,(H2,24,26)(H,25,27). The summed E-state index contributed by atoms with van der Waals surface area (Å²) in [6.45, 7) is 0.182. The number of amides is 2. The number of rotatable bonds is 7. The summed E-state index contributed by atoms with van der Waals surface area (Å²) < 4.78 is 11.1. The van der Waals surface area contributed by atoms with Gasteiger partial charge in [0, 0.05) is 22.4 Å². The molecule has 0 aliphatic heterocycles. The van der Waals surface area contributed by atoms with E-state index in [0.29, 0.717) is 38.9 Å². The number of hydrogen-bond donors (Lipinski definition) is 2. The minimum Gasteiger partial charge on any atom is -0.496 e. The van der Waals surface area contributed by atoms with E-state index < -0.39 is 5.91 Å². The van der Waals surface area contributed by atoms with Crippen molar-refractivity contribution in [2.75, 3.05) is 12.4 Å². The average molecular weight is 411 g/mol. The number of nitrogens with one attached hydrogen (secondary N) is 1. The number of benzene rings is 3. The Morgan fingerprint density at radius 2 is 1.66 bits per heavy atom. The first-order valence-corrected chi connectivity index (χ1v) is 9.11. The van der Waals surface area contributed by atoms with Crippen LogP contribution in [0.25, 0.3) is 0 Å². The molecule has 6 nitrogen and oxygen atoms in total. The number of anilines is 1. The number of hydrogen-bond acceptors (Lipinski definition) is 4. The second kappa shape index (κ2) is 9.12. The van der Waals surface area contributed by atoms with Gasteiger partial charge in [-0.15, -0.1) is 0 Å². The Morgan fingerprint density at radius 1 is 0.966 bits per heavy atom. The highest BCUT2D eigenvalue weighted by Gasteiger charge is 2.12. The highest BCUT2D eigenvalue weighted by molar-refractivity contribution is 6.32. The summed E-state index contributed by atoms with van der Waals surface area (Å²) in [4.78, 5) is 23.7. The van der Waals surface area contributed by atoms with Gasteiger partial charge >= 0.3 is 0 Å². The van der Waals surface area contributed by atoms with Gasteiger partial charge in [-0.05, 0) is 54.6 Å². The SMILES string of the molecule is COc1ccc(C(=O)Nc2ccc(C(N)=O)cc2)cc1COc1ccccc1Cl. The minimum atomic E-state index is -0.527. The highest BCUT2D eigenvalue weighted by Crippen LogP contribution is 2.27. The van der Waals surface area contributed by atoms with Gasteiger partial charge in [0.2, 0.25) is 5.91 Å². The van der Waals surface area contributed by atoms with Gasteiger partial charge in [0.25, 0.3) is 5.91 Å². The zero-order chi connectivity index (χ0) is 20.8. The third-order valence-corrected chi connectivity index (χ3v) is 4.50. The molecule has 3 aromatic carbocycles. The molecule has 0 spiro atoms. The molecule has 2 amide bonds. The van der Waals surface area contributed by atoms with Crippen LogP contribution in [-0.2, 0) is 6.61 Å². The zero-order valence-corrected chi connectivity index (χ0v) is 16.4. The average Bonchev–Trinajstić information content (AvgIpc) is 2.73. The number of nitrogens with two attached hydrogens (primary N) is 1. The Kier molecular flexibility index (Phi) is 6.36. The minimum absolute atomic E-state index is 0.182. The Bertz CT molecular complexity index is 1040. The van der Waals surface area contributed by atoms with Crippen LogP contribution in [0.4, 0.5) is 5.69 Å². The smallest absolute Gasteiger partial charge is 0.255 e. The third kappa shape index (κ3) is 5.06. The Balaban J connectivity index is 1.75. The van der Waals surface area contributed by atoms with Crippen LogP contribution in [0.15, 0.2) is 66.7 Å². The molecule has 29 heavy (non-hydrogen) atoms. The molecule has 3 rings (SSSR count). The number of halogens is 1. The summed E-state index contributed by atoms with van der Waals surface area (Å²) in [5.74, 6) is 0.305. The van der Waals surface area contributed by atoms with E-state index in [9.17, 15) is 9.59 Å². The normalized spacial score (nSPS) is 10.3. The van der Waals surface area contributed by atoms with Crippen molar-refractivity contribution in [2.24, 2.45) is 5.73 Å². The molecule has 0 unspecified atom stereocenters. The van der Waals surface area contributed by atoms with Crippen LogP contribution in [0.5, 0.6) is 11.5 Å². The van der Waals surface area contributed by atoms with Crippen molar-refractivity contribution < 1.29 is 19.1 Å². The summed E-state index contributed by atoms with van der Waals surface area (Å²) in [7, 11) is 1.55. The lowest BCUT2D eigenvalue weighted by molar-refractivity contribution is 0.0998. The molecule has 0 bridgehead atoms. The van der Waals surface area contributed by atoms with Gasteiger partial charge in [0.1, 0.15) is 18.1 Å². The van der Waals surface area contributed by atoms with Crippen molar-refractivity contribution in [1.29, 1.82) is 0 Å². The van der Waals surface area contributed by atoms with E-state index in [2.05, 4.69) is 5.32 Å². The molecule has 148 valence electrons. The molecule has 7 heteroatoms. The first-order chi connectivity index (χ1) is 14.0. The second-order valence-electron chi connectivity index (χ2n) is 6.14. The Morgan fingerprint density at radius 3 is 2.31 bits per heavy atom. The monoisotopic (exact) mass is 410 g/mol. The van der Waals surface area contributed by atoms with Gasteiger partial charge in [-0.1, -0.05) is 23.7 Å². The summed E-state index contributed by atoms with van der Waals surface area (Å²) in [5, 5.41) is 3.28. The van der Waals surface area contributed by atoms with E-state index in [1.54, 1.807) is 61.7 Å². The fourth-order valence-corrected chi connectivity index (χ4v) is 2.86. The Hall–Kier alpha value is -3.51. The van der Waals surface area contributed by atoms with Gasteiger partial charge in [-0.25, -0.2) is 0 Å². The largest absolute Gasteiger partial charge is 0.496 e. The lowest BCUT2D eigenvalue weighted by Crippen LogP contribution is -2.14. The van der Waals surface area contributed by atoms with Crippen LogP contribution >= 0.6 is 11.6 Å². The number of para-hydroxylation sites is 1. The molecular formula is C22H19ClN2O4. The number of primary amides is 1. The second-order valence-corrected chi connectivity index (χ2v) is 6.55. The number of carbonyl (C=O) groups excluding carboxylic acids is 2. The summed E-state index contributed by atoms with van der Waals surface area (Å²) in [6.07, 6.45) is 0. The molecule has 0 radical (unpaired) electrons. The quantitative estimate of drug-likeness (QED) is 0.608. The van der Waals surface area contributed by atoms with E-state index in [1.807, 2.05) is 12.1 Å². The van der Waals surface area contributed by atoms with Crippen LogP contribution in [0.2, 0.25) is 5.02 Å². The van der Waals surface area contributed by atoms with Crippen molar-refractivity contribution >= 4 is 29.1 Å². The molecule has 3 N–H and O–H groups in total. The molecule has 0 aliphatic rings. The number of carbonyl (C=O) groups is 2. The lowest BCUT2D eigenvalue weighted by Gasteiger charge is -2.13. The van der Waals surface area contributed by atoms with E-state index >= 15 is 0 Å². The maximum absolute atomic E-state index is 12.6. The van der Waals surface area contributed by atoms with E-state index in [-0.39, 0.29) is 12.5 Å². The van der Waals surface area contributed by atoms with Crippen molar-refractivity contribution in [3.63, 3.8) is 0 Å². The van der Waals surface area contributed by atoms with Crippen LogP contribution in [0, 0.1) is 0 Å². The van der Waals surface area contributed by atoms with Crippen LogP contribution in [-0.4, -0.2) is 18.9 Å². The van der Waals surface area contributed by atoms with Crippen molar-refractivity contribution in [3.05, 3.63) is 88.4 Å². The van der Waals surface area contributed by atoms with E-state index in [0.717, 1.165) is 0 Å². The molecule has 0 saturated carbocycles. The van der Waals surface area contributed by atoms with Gasteiger partial charge < -0.3 is 20.5 Å². The fraction of sp³-hybridized carbons (Fsp3) is 0.0909. The fourth-order valence-electron chi connectivity index (χ4n) is 2.67. The molecule has 3 aromatic rings.